The third-order valence-electron chi connectivity index (χ3n) is 5.23. The van der Waals surface area contributed by atoms with Crippen LogP contribution in [0.25, 0.3) is 0 Å². The largest absolute Gasteiger partial charge is 0.506 e. The molecule has 1 saturated heterocycles. The molecule has 3 N–H and O–H groups in total. The van der Waals surface area contributed by atoms with E-state index in [-0.39, 0.29) is 6.54 Å². The van der Waals surface area contributed by atoms with Crippen LogP contribution in [0.4, 0.5) is 10.1 Å². The van der Waals surface area contributed by atoms with Gasteiger partial charge >= 0.3 is 10.2 Å². The van der Waals surface area contributed by atoms with Crippen molar-refractivity contribution < 1.29 is 22.7 Å². The molecule has 0 unspecified atom stereocenters. The molecule has 11 heteroatoms. The molecule has 0 saturated carbocycles. The third-order valence-corrected chi connectivity index (χ3v) is 6.60. The number of benzene rings is 1. The van der Waals surface area contributed by atoms with E-state index in [1.165, 1.54) is 6.07 Å². The van der Waals surface area contributed by atoms with E-state index in [0.717, 1.165) is 17.0 Å². The molecule has 9 nitrogen and oxygen atoms in total. The monoisotopic (exact) mass is 409 g/mol. The first-order chi connectivity index (χ1) is 13.2. The molecule has 28 heavy (non-hydrogen) atoms. The number of hydrogen-bond acceptors (Lipinski definition) is 6. The normalized spacial score (nSPS) is 19.0. The number of nitrogens with one attached hydrogen (secondary N) is 2. The van der Waals surface area contributed by atoms with Gasteiger partial charge in [0.05, 0.1) is 5.69 Å². The van der Waals surface area contributed by atoms with E-state index in [2.05, 4.69) is 10.2 Å². The Balaban J connectivity index is 1.69. The van der Waals surface area contributed by atoms with Crippen LogP contribution >= 0.6 is 0 Å². The molecule has 2 aliphatic heterocycles. The maximum Gasteiger partial charge on any atom is 0.326 e. The summed E-state index contributed by atoms with van der Waals surface area (Å²) in [5.74, 6) is -2.09. The highest BCUT2D eigenvalue weighted by Crippen LogP contribution is 2.39. The van der Waals surface area contributed by atoms with Gasteiger partial charge in [0.15, 0.2) is 5.82 Å². The Hall–Kier alpha value is -2.66. The number of aryl methyl sites for hydroxylation is 2. The molecule has 1 amide bonds. The number of phenols is 1. The van der Waals surface area contributed by atoms with Crippen molar-refractivity contribution >= 4 is 21.8 Å². The number of anilines is 1. The number of carbonyl (C=O) groups excluding carboxylic acids is 1. The predicted octanol–water partition coefficient (Wildman–Crippen LogP) is 0.611. The second-order valence-corrected chi connectivity index (χ2v) is 8.70. The first-order valence-corrected chi connectivity index (χ1v) is 10.2. The van der Waals surface area contributed by atoms with Gasteiger partial charge in [0.2, 0.25) is 0 Å². The number of aromatic amines is 1. The summed E-state index contributed by atoms with van der Waals surface area (Å²) >= 11 is 0. The first-order valence-electron chi connectivity index (χ1n) is 8.76. The van der Waals surface area contributed by atoms with Crippen molar-refractivity contribution in [2.45, 2.75) is 33.4 Å². The van der Waals surface area contributed by atoms with E-state index in [1.807, 2.05) is 18.7 Å². The maximum atomic E-state index is 15.3. The number of aromatic hydroxyl groups is 1. The zero-order valence-electron chi connectivity index (χ0n) is 15.4. The fourth-order valence-corrected chi connectivity index (χ4v) is 4.90. The summed E-state index contributed by atoms with van der Waals surface area (Å²) < 4.78 is 41.8. The summed E-state index contributed by atoms with van der Waals surface area (Å²) in [6.45, 7) is 4.75. The van der Waals surface area contributed by atoms with Gasteiger partial charge in [0.25, 0.3) is 5.91 Å². The molecular weight excluding hydrogens is 389 g/mol. The van der Waals surface area contributed by atoms with Gasteiger partial charge in [-0.05, 0) is 31.9 Å². The Morgan fingerprint density at radius 2 is 2.07 bits per heavy atom. The molecule has 0 atom stereocenters. The molecule has 0 spiro atoms. The number of nitrogens with zero attached hydrogens (tertiary/aromatic N) is 3. The molecule has 4 rings (SSSR count). The number of phenolic OH excluding ortho intramolecular Hbond substituents is 1. The van der Waals surface area contributed by atoms with Gasteiger partial charge in [-0.2, -0.15) is 13.5 Å². The van der Waals surface area contributed by atoms with Crippen molar-refractivity contribution in [1.29, 1.82) is 0 Å². The standard InChI is InChI=1S/C17H20FN5O4S/c1-9-12(10(2)20-19-9)6-22-4-3-11-5-14(24)17(16(18)13(11)7-22)23-8-15(25)21-28(23,26)27/h5,24H,3-4,6-8H2,1-2H3,(H,19,20)(H,21,25). The molecule has 0 radical (unpaired) electrons. The predicted molar refractivity (Wildman–Crippen MR) is 98.4 cm³/mol. The number of hydrogen-bond donors (Lipinski definition) is 3. The molecule has 150 valence electrons. The van der Waals surface area contributed by atoms with E-state index in [9.17, 15) is 18.3 Å². The van der Waals surface area contributed by atoms with Crippen LogP contribution < -0.4 is 9.03 Å². The van der Waals surface area contributed by atoms with Crippen LogP contribution in [-0.4, -0.2) is 47.6 Å². The SMILES string of the molecule is Cc1n[nH]c(C)c1CN1CCc2cc(O)c(N3CC(=O)NS3(=O)=O)c(F)c2C1. The minimum Gasteiger partial charge on any atom is -0.506 e. The average molecular weight is 409 g/mol. The van der Waals surface area contributed by atoms with Crippen LogP contribution in [0, 0.1) is 19.7 Å². The zero-order chi connectivity index (χ0) is 20.2. The van der Waals surface area contributed by atoms with Gasteiger partial charge in [0, 0.05) is 36.5 Å². The molecule has 2 aliphatic rings. The number of carbonyl (C=O) groups is 1. The van der Waals surface area contributed by atoms with Crippen molar-refractivity contribution in [3.63, 3.8) is 0 Å². The van der Waals surface area contributed by atoms with Gasteiger partial charge in [-0.15, -0.1) is 0 Å². The van der Waals surface area contributed by atoms with E-state index < -0.39 is 39.9 Å². The summed E-state index contributed by atoms with van der Waals surface area (Å²) in [4.78, 5) is 13.5. The summed E-state index contributed by atoms with van der Waals surface area (Å²) in [6.07, 6.45) is 0.514. The Morgan fingerprint density at radius 1 is 1.32 bits per heavy atom. The second kappa shape index (κ2) is 6.45. The van der Waals surface area contributed by atoms with Gasteiger partial charge in [-0.1, -0.05) is 0 Å². The number of rotatable bonds is 3. The second-order valence-electron chi connectivity index (χ2n) is 7.11. The Bertz CT molecular complexity index is 1060. The Labute approximate surface area is 161 Å². The van der Waals surface area contributed by atoms with Crippen molar-refractivity contribution in [2.75, 3.05) is 17.4 Å². The van der Waals surface area contributed by atoms with Gasteiger partial charge < -0.3 is 5.11 Å². The number of halogens is 1. The van der Waals surface area contributed by atoms with Crippen LogP contribution in [0.3, 0.4) is 0 Å². The lowest BCUT2D eigenvalue weighted by atomic mass is 9.97. The highest BCUT2D eigenvalue weighted by Gasteiger charge is 2.39. The minimum absolute atomic E-state index is 0.258. The first kappa shape index (κ1) is 18.7. The molecule has 0 bridgehead atoms. The van der Waals surface area contributed by atoms with Crippen LogP contribution in [0.5, 0.6) is 5.75 Å². The summed E-state index contributed by atoms with van der Waals surface area (Å²) in [5, 5.41) is 17.4. The highest BCUT2D eigenvalue weighted by atomic mass is 32.2. The number of amides is 1. The summed E-state index contributed by atoms with van der Waals surface area (Å²) in [6, 6.07) is 1.39. The van der Waals surface area contributed by atoms with Gasteiger partial charge in [-0.25, -0.2) is 13.4 Å². The van der Waals surface area contributed by atoms with E-state index in [4.69, 9.17) is 0 Å². The van der Waals surface area contributed by atoms with Crippen LogP contribution in [-0.2, 0) is 34.5 Å². The van der Waals surface area contributed by atoms with Crippen molar-refractivity contribution in [3.05, 3.63) is 40.0 Å². The lowest BCUT2D eigenvalue weighted by Gasteiger charge is -2.30. The number of H-pyrrole nitrogens is 1. The molecule has 1 aromatic carbocycles. The highest BCUT2D eigenvalue weighted by molar-refractivity contribution is 7.92. The van der Waals surface area contributed by atoms with Crippen LogP contribution in [0.15, 0.2) is 6.07 Å². The minimum atomic E-state index is -4.22. The fourth-order valence-electron chi connectivity index (χ4n) is 3.74. The number of aromatic nitrogens is 2. The number of fused-ring (bicyclic) bond motifs is 1. The van der Waals surface area contributed by atoms with E-state index in [0.29, 0.717) is 34.9 Å². The quantitative estimate of drug-likeness (QED) is 0.684. The lowest BCUT2D eigenvalue weighted by Crippen LogP contribution is -2.33. The molecule has 3 heterocycles. The summed E-state index contributed by atoms with van der Waals surface area (Å²) in [7, 11) is -4.22. The molecule has 1 aromatic heterocycles. The smallest absolute Gasteiger partial charge is 0.326 e. The van der Waals surface area contributed by atoms with Crippen LogP contribution in [0.1, 0.15) is 28.1 Å². The van der Waals surface area contributed by atoms with Gasteiger partial charge in [0.1, 0.15) is 18.0 Å². The zero-order valence-corrected chi connectivity index (χ0v) is 16.2. The maximum absolute atomic E-state index is 15.3. The fraction of sp³-hybridized carbons (Fsp3) is 0.412. The molecule has 1 fully saturated rings. The molecule has 0 aliphatic carbocycles. The lowest BCUT2D eigenvalue weighted by molar-refractivity contribution is -0.117. The Morgan fingerprint density at radius 3 is 2.68 bits per heavy atom. The van der Waals surface area contributed by atoms with Gasteiger partial charge in [-0.3, -0.25) is 14.8 Å². The molecule has 2 aromatic rings. The Kier molecular flexibility index (Phi) is 4.31. The average Bonchev–Trinajstić information content (AvgIpc) is 3.07. The van der Waals surface area contributed by atoms with Crippen molar-refractivity contribution in [1.82, 2.24) is 19.8 Å². The van der Waals surface area contributed by atoms with Crippen LogP contribution in [0.2, 0.25) is 0 Å². The topological polar surface area (TPSA) is 119 Å². The summed E-state index contributed by atoms with van der Waals surface area (Å²) in [5.41, 5.74) is 3.33. The third kappa shape index (κ3) is 3.00. The molecular formula is C17H20FN5O4S. The van der Waals surface area contributed by atoms with E-state index in [1.54, 1.807) is 4.72 Å². The van der Waals surface area contributed by atoms with E-state index >= 15 is 4.39 Å². The van der Waals surface area contributed by atoms with Crippen molar-refractivity contribution in [2.24, 2.45) is 0 Å². The van der Waals surface area contributed by atoms with Crippen molar-refractivity contribution in [3.8, 4) is 5.75 Å².